The Morgan fingerprint density at radius 3 is 2.48 bits per heavy atom. The Morgan fingerprint density at radius 1 is 0.926 bits per heavy atom. The van der Waals surface area contributed by atoms with E-state index >= 15 is 0 Å². The fraction of sp³-hybridized carbons (Fsp3) is 0.0500. The van der Waals surface area contributed by atoms with E-state index in [-0.39, 0.29) is 16.9 Å². The maximum atomic E-state index is 13.7. The zero-order valence-electron chi connectivity index (χ0n) is 14.3. The summed E-state index contributed by atoms with van der Waals surface area (Å²) in [6.45, 7) is 1.90. The van der Waals surface area contributed by atoms with Crippen LogP contribution in [0.1, 0.15) is 26.4 Å². The zero-order chi connectivity index (χ0) is 19.4. The van der Waals surface area contributed by atoms with Gasteiger partial charge in [0.15, 0.2) is 0 Å². The van der Waals surface area contributed by atoms with Crippen LogP contribution >= 0.6 is 0 Å². The highest BCUT2D eigenvalue weighted by molar-refractivity contribution is 6.07. The Balaban J connectivity index is 1.76. The van der Waals surface area contributed by atoms with Gasteiger partial charge in [0.2, 0.25) is 0 Å². The molecule has 27 heavy (non-hydrogen) atoms. The number of rotatable bonds is 4. The monoisotopic (exact) mass is 367 g/mol. The van der Waals surface area contributed by atoms with Gasteiger partial charge in [0.25, 0.3) is 11.8 Å². The minimum Gasteiger partial charge on any atom is -0.321 e. The largest absolute Gasteiger partial charge is 0.321 e. The van der Waals surface area contributed by atoms with E-state index in [0.717, 1.165) is 17.7 Å². The van der Waals surface area contributed by atoms with Crippen molar-refractivity contribution in [1.82, 2.24) is 4.98 Å². The number of carbonyl (C=O) groups is 2. The number of aryl methyl sites for hydroxylation is 1. The number of pyridine rings is 1. The number of anilines is 2. The fourth-order valence-electron chi connectivity index (χ4n) is 2.40. The molecule has 7 heteroatoms. The van der Waals surface area contributed by atoms with Crippen molar-refractivity contribution in [3.05, 3.63) is 89.2 Å². The molecule has 5 nitrogen and oxygen atoms in total. The normalized spacial score (nSPS) is 10.3. The van der Waals surface area contributed by atoms with Gasteiger partial charge >= 0.3 is 0 Å². The number of hydrogen-bond acceptors (Lipinski definition) is 3. The predicted molar refractivity (Wildman–Crippen MR) is 97.7 cm³/mol. The number of nitrogens with one attached hydrogen (secondary N) is 2. The molecule has 2 aromatic carbocycles. The van der Waals surface area contributed by atoms with Crippen molar-refractivity contribution in [2.75, 3.05) is 10.6 Å². The standard InChI is InChI=1S/C20H15F2N3O2/c1-12-3-2-4-15(9-12)24-20(27)18-10-13(7-8-23-18)19(26)25-17-6-5-14(21)11-16(17)22/h2-11H,1H3,(H,24,27)(H,25,26). The summed E-state index contributed by atoms with van der Waals surface area (Å²) in [6, 6.07) is 12.7. The molecular weight excluding hydrogens is 352 g/mol. The quantitative estimate of drug-likeness (QED) is 0.727. The minimum atomic E-state index is -0.894. The lowest BCUT2D eigenvalue weighted by Gasteiger charge is -2.08. The summed E-state index contributed by atoms with van der Waals surface area (Å²) in [5.74, 6) is -2.77. The van der Waals surface area contributed by atoms with Crippen LogP contribution in [0, 0.1) is 18.6 Å². The Bertz CT molecular complexity index is 1020. The van der Waals surface area contributed by atoms with Crippen LogP contribution in [0.3, 0.4) is 0 Å². The Labute approximate surface area is 154 Å². The van der Waals surface area contributed by atoms with Gasteiger partial charge in [0.1, 0.15) is 17.3 Å². The van der Waals surface area contributed by atoms with Crippen molar-refractivity contribution < 1.29 is 18.4 Å². The summed E-state index contributed by atoms with van der Waals surface area (Å²) in [5.41, 5.74) is 1.57. The first-order chi connectivity index (χ1) is 12.9. The number of amides is 2. The summed E-state index contributed by atoms with van der Waals surface area (Å²) in [4.78, 5) is 28.6. The van der Waals surface area contributed by atoms with E-state index < -0.39 is 23.4 Å². The first-order valence-electron chi connectivity index (χ1n) is 8.03. The summed E-state index contributed by atoms with van der Waals surface area (Å²) in [7, 11) is 0. The maximum absolute atomic E-state index is 13.7. The molecule has 0 bridgehead atoms. The van der Waals surface area contributed by atoms with E-state index in [2.05, 4.69) is 15.6 Å². The van der Waals surface area contributed by atoms with E-state index in [0.29, 0.717) is 11.8 Å². The van der Waals surface area contributed by atoms with Crippen LogP contribution in [0.15, 0.2) is 60.8 Å². The molecule has 0 aliphatic carbocycles. The molecule has 0 unspecified atom stereocenters. The van der Waals surface area contributed by atoms with E-state index in [9.17, 15) is 18.4 Å². The molecule has 0 radical (unpaired) electrons. The summed E-state index contributed by atoms with van der Waals surface area (Å²) in [5, 5.41) is 5.03. The highest BCUT2D eigenvalue weighted by Gasteiger charge is 2.14. The van der Waals surface area contributed by atoms with Gasteiger partial charge in [-0.1, -0.05) is 12.1 Å². The molecule has 0 saturated heterocycles. The highest BCUT2D eigenvalue weighted by atomic mass is 19.1. The number of carbonyl (C=O) groups excluding carboxylic acids is 2. The Kier molecular flexibility index (Phi) is 5.21. The number of halogens is 2. The third kappa shape index (κ3) is 4.52. The van der Waals surface area contributed by atoms with Gasteiger partial charge in [-0.05, 0) is 48.9 Å². The summed E-state index contributed by atoms with van der Waals surface area (Å²) < 4.78 is 26.6. The lowest BCUT2D eigenvalue weighted by Crippen LogP contribution is -2.17. The molecule has 0 fully saturated rings. The number of benzene rings is 2. The van der Waals surface area contributed by atoms with Crippen LogP contribution in [0.5, 0.6) is 0 Å². The van der Waals surface area contributed by atoms with Crippen molar-refractivity contribution in [2.24, 2.45) is 0 Å². The molecule has 0 spiro atoms. The first-order valence-corrected chi connectivity index (χ1v) is 8.03. The van der Waals surface area contributed by atoms with Crippen LogP contribution in [-0.4, -0.2) is 16.8 Å². The third-order valence-electron chi connectivity index (χ3n) is 3.71. The second-order valence-electron chi connectivity index (χ2n) is 5.83. The SMILES string of the molecule is Cc1cccc(NC(=O)c2cc(C(=O)Nc3ccc(F)cc3F)ccn2)c1. The van der Waals surface area contributed by atoms with Gasteiger partial charge in [0, 0.05) is 23.5 Å². The average molecular weight is 367 g/mol. The predicted octanol–water partition coefficient (Wildman–Crippen LogP) is 4.17. The Morgan fingerprint density at radius 2 is 1.74 bits per heavy atom. The molecule has 3 aromatic rings. The molecule has 0 aliphatic heterocycles. The lowest BCUT2D eigenvalue weighted by atomic mass is 10.2. The van der Waals surface area contributed by atoms with Crippen LogP contribution < -0.4 is 10.6 Å². The van der Waals surface area contributed by atoms with Crippen molar-refractivity contribution >= 4 is 23.2 Å². The van der Waals surface area contributed by atoms with E-state index in [1.54, 1.807) is 18.2 Å². The van der Waals surface area contributed by atoms with Gasteiger partial charge in [-0.15, -0.1) is 0 Å². The van der Waals surface area contributed by atoms with Gasteiger partial charge < -0.3 is 10.6 Å². The second-order valence-corrected chi connectivity index (χ2v) is 5.83. The third-order valence-corrected chi connectivity index (χ3v) is 3.71. The molecule has 136 valence electrons. The average Bonchev–Trinajstić information content (AvgIpc) is 2.64. The number of nitrogens with zero attached hydrogens (tertiary/aromatic N) is 1. The number of hydrogen-bond donors (Lipinski definition) is 2. The minimum absolute atomic E-state index is 0.0312. The zero-order valence-corrected chi connectivity index (χ0v) is 14.3. The molecule has 0 atom stereocenters. The van der Waals surface area contributed by atoms with Crippen molar-refractivity contribution in [3.8, 4) is 0 Å². The van der Waals surface area contributed by atoms with Crippen LogP contribution in [-0.2, 0) is 0 Å². The molecular formula is C20H15F2N3O2. The maximum Gasteiger partial charge on any atom is 0.274 e. The first kappa shape index (κ1) is 18.2. The van der Waals surface area contributed by atoms with Gasteiger partial charge in [-0.25, -0.2) is 8.78 Å². The Hall–Kier alpha value is -3.61. The molecule has 1 heterocycles. The molecule has 2 amide bonds. The lowest BCUT2D eigenvalue weighted by molar-refractivity contribution is 0.102. The van der Waals surface area contributed by atoms with Crippen molar-refractivity contribution in [1.29, 1.82) is 0 Å². The topological polar surface area (TPSA) is 71.1 Å². The van der Waals surface area contributed by atoms with Gasteiger partial charge in [-0.2, -0.15) is 0 Å². The summed E-state index contributed by atoms with van der Waals surface area (Å²) in [6.07, 6.45) is 1.31. The highest BCUT2D eigenvalue weighted by Crippen LogP contribution is 2.17. The number of aromatic nitrogens is 1. The van der Waals surface area contributed by atoms with Crippen LogP contribution in [0.4, 0.5) is 20.2 Å². The van der Waals surface area contributed by atoms with E-state index in [1.165, 1.54) is 18.3 Å². The smallest absolute Gasteiger partial charge is 0.274 e. The van der Waals surface area contributed by atoms with E-state index in [1.807, 2.05) is 13.0 Å². The van der Waals surface area contributed by atoms with Crippen LogP contribution in [0.25, 0.3) is 0 Å². The second kappa shape index (κ2) is 7.74. The molecule has 0 aliphatic rings. The van der Waals surface area contributed by atoms with E-state index in [4.69, 9.17) is 0 Å². The van der Waals surface area contributed by atoms with Gasteiger partial charge in [-0.3, -0.25) is 14.6 Å². The van der Waals surface area contributed by atoms with Gasteiger partial charge in [0.05, 0.1) is 5.69 Å². The van der Waals surface area contributed by atoms with Crippen LogP contribution in [0.2, 0.25) is 0 Å². The molecule has 1 aromatic heterocycles. The summed E-state index contributed by atoms with van der Waals surface area (Å²) >= 11 is 0. The fourth-order valence-corrected chi connectivity index (χ4v) is 2.40. The molecule has 3 rings (SSSR count). The van der Waals surface area contributed by atoms with Crippen molar-refractivity contribution in [3.63, 3.8) is 0 Å². The molecule has 2 N–H and O–H groups in total. The molecule has 0 saturated carbocycles. The van der Waals surface area contributed by atoms with Crippen molar-refractivity contribution in [2.45, 2.75) is 6.92 Å².